The number of anilines is 1. The van der Waals surface area contributed by atoms with Crippen LogP contribution in [0.3, 0.4) is 0 Å². The molecule has 0 aliphatic carbocycles. The molecule has 182 valence electrons. The number of rotatable bonds is 7. The zero-order chi connectivity index (χ0) is 25.4. The van der Waals surface area contributed by atoms with E-state index >= 15 is 0 Å². The van der Waals surface area contributed by atoms with Gasteiger partial charge >= 0.3 is 0 Å². The number of hydrogen-bond donors (Lipinski definition) is 1. The van der Waals surface area contributed by atoms with Gasteiger partial charge in [0.25, 0.3) is 5.91 Å². The van der Waals surface area contributed by atoms with E-state index in [1.807, 2.05) is 30.3 Å². The van der Waals surface area contributed by atoms with Crippen molar-refractivity contribution in [2.45, 2.75) is 37.2 Å². The molecule has 1 heterocycles. The highest BCUT2D eigenvalue weighted by Gasteiger charge is 2.42. The maximum atomic E-state index is 12.9. The molecule has 1 N–H and O–H groups in total. The van der Waals surface area contributed by atoms with E-state index < -0.39 is 15.4 Å². The van der Waals surface area contributed by atoms with Crippen LogP contribution in [0.5, 0.6) is 0 Å². The number of fused-ring (bicyclic) bond motifs is 1. The molecule has 7 nitrogen and oxygen atoms in total. The van der Waals surface area contributed by atoms with Gasteiger partial charge in [-0.15, -0.1) is 0 Å². The summed E-state index contributed by atoms with van der Waals surface area (Å²) < 4.78 is 28.5. The van der Waals surface area contributed by atoms with E-state index in [4.69, 9.17) is 0 Å². The van der Waals surface area contributed by atoms with Gasteiger partial charge in [-0.05, 0) is 60.9 Å². The van der Waals surface area contributed by atoms with Crippen molar-refractivity contribution in [3.05, 3.63) is 95.1 Å². The van der Waals surface area contributed by atoms with Crippen molar-refractivity contribution in [2.24, 2.45) is 0 Å². The Morgan fingerprint density at radius 2 is 1.63 bits per heavy atom. The first kappa shape index (κ1) is 24.6. The van der Waals surface area contributed by atoms with Gasteiger partial charge in [-0.25, -0.2) is 13.1 Å². The van der Waals surface area contributed by atoms with Crippen LogP contribution in [0.15, 0.2) is 77.7 Å². The zero-order valence-electron chi connectivity index (χ0n) is 20.3. The van der Waals surface area contributed by atoms with Crippen LogP contribution < -0.4 is 9.62 Å². The van der Waals surface area contributed by atoms with Crippen molar-refractivity contribution in [1.82, 2.24) is 9.62 Å². The van der Waals surface area contributed by atoms with Crippen LogP contribution in [0.1, 0.15) is 40.9 Å². The first-order valence-corrected chi connectivity index (χ1v) is 12.8. The number of carbonyl (C=O) groups is 2. The minimum atomic E-state index is -3.79. The van der Waals surface area contributed by atoms with Crippen LogP contribution in [-0.4, -0.2) is 39.2 Å². The Bertz CT molecular complexity index is 1370. The first-order chi connectivity index (χ1) is 16.5. The van der Waals surface area contributed by atoms with E-state index in [-0.39, 0.29) is 23.3 Å². The molecule has 0 radical (unpaired) electrons. The van der Waals surface area contributed by atoms with Crippen LogP contribution in [-0.2, 0) is 33.3 Å². The number of carbonyl (C=O) groups excluding carboxylic acids is 2. The Morgan fingerprint density at radius 1 is 0.971 bits per heavy atom. The fraction of sp³-hybridized carbons (Fsp3) is 0.259. The van der Waals surface area contributed by atoms with Crippen LogP contribution in [0.4, 0.5) is 5.69 Å². The van der Waals surface area contributed by atoms with Crippen LogP contribution in [0.2, 0.25) is 0 Å². The second-order valence-electron chi connectivity index (χ2n) is 9.34. The van der Waals surface area contributed by atoms with Crippen LogP contribution >= 0.6 is 0 Å². The first-order valence-electron chi connectivity index (χ1n) is 11.3. The van der Waals surface area contributed by atoms with Gasteiger partial charge in [-0.3, -0.25) is 9.59 Å². The second kappa shape index (κ2) is 9.28. The molecule has 3 aromatic rings. The maximum Gasteiger partial charge on any atom is 0.253 e. The van der Waals surface area contributed by atoms with Gasteiger partial charge in [-0.1, -0.05) is 42.5 Å². The Balaban J connectivity index is 1.42. The lowest BCUT2D eigenvalue weighted by Gasteiger charge is -2.17. The van der Waals surface area contributed by atoms with Gasteiger partial charge in [-0.2, -0.15) is 0 Å². The number of nitrogens with zero attached hydrogens (tertiary/aromatic N) is 2. The molecule has 2 amide bonds. The molecule has 0 saturated carbocycles. The lowest BCUT2D eigenvalue weighted by Crippen LogP contribution is -2.33. The fourth-order valence-electron chi connectivity index (χ4n) is 4.30. The second-order valence-corrected chi connectivity index (χ2v) is 11.1. The summed E-state index contributed by atoms with van der Waals surface area (Å²) in [6.07, 6.45) is 0. The fourth-order valence-corrected chi connectivity index (χ4v) is 5.34. The average Bonchev–Trinajstić information content (AvgIpc) is 3.03. The lowest BCUT2D eigenvalue weighted by molar-refractivity contribution is -0.121. The molecule has 35 heavy (non-hydrogen) atoms. The van der Waals surface area contributed by atoms with Crippen LogP contribution in [0.25, 0.3) is 0 Å². The molecule has 0 spiro atoms. The largest absolute Gasteiger partial charge is 0.337 e. The normalized spacial score (nSPS) is 14.6. The summed E-state index contributed by atoms with van der Waals surface area (Å²) in [5, 5.41) is 0. The number of sulfonamides is 1. The highest BCUT2D eigenvalue weighted by atomic mass is 32.2. The van der Waals surface area contributed by atoms with E-state index in [9.17, 15) is 18.0 Å². The molecule has 1 aliphatic rings. The minimum absolute atomic E-state index is 0.0703. The average molecular weight is 492 g/mol. The van der Waals surface area contributed by atoms with Crippen LogP contribution in [0, 0.1) is 0 Å². The maximum absolute atomic E-state index is 12.9. The van der Waals surface area contributed by atoms with Crippen molar-refractivity contribution in [1.29, 1.82) is 0 Å². The summed E-state index contributed by atoms with van der Waals surface area (Å²) in [6.45, 7) is 4.17. The smallest absolute Gasteiger partial charge is 0.253 e. The van der Waals surface area contributed by atoms with E-state index in [0.717, 1.165) is 16.8 Å². The number of likely N-dealkylation sites (N-methyl/N-ethyl adjacent to an activating group) is 1. The van der Waals surface area contributed by atoms with Crippen molar-refractivity contribution < 1.29 is 18.0 Å². The Hall–Kier alpha value is -3.49. The molecular weight excluding hydrogens is 462 g/mol. The SMILES string of the molecule is CN(Cc1ccccc1)C(=O)c1ccc(CNS(=O)(=O)c2ccc3c(c2)C(C)(C)C(=O)N3C)cc1. The molecule has 0 aromatic heterocycles. The molecule has 0 atom stereocenters. The summed E-state index contributed by atoms with van der Waals surface area (Å²) in [6, 6.07) is 21.4. The minimum Gasteiger partial charge on any atom is -0.337 e. The zero-order valence-corrected chi connectivity index (χ0v) is 21.1. The third kappa shape index (κ3) is 4.85. The number of amides is 2. The molecular formula is C27H29N3O4S. The molecule has 8 heteroatoms. The van der Waals surface area contributed by atoms with Gasteiger partial charge in [0.15, 0.2) is 0 Å². The topological polar surface area (TPSA) is 86.8 Å². The van der Waals surface area contributed by atoms with Gasteiger partial charge in [0, 0.05) is 38.4 Å². The van der Waals surface area contributed by atoms with E-state index in [2.05, 4.69) is 4.72 Å². The van der Waals surface area contributed by atoms with Gasteiger partial charge in [0.1, 0.15) is 0 Å². The van der Waals surface area contributed by atoms with E-state index in [0.29, 0.717) is 17.7 Å². The van der Waals surface area contributed by atoms with Crippen molar-refractivity contribution in [3.63, 3.8) is 0 Å². The highest BCUT2D eigenvalue weighted by molar-refractivity contribution is 7.89. The van der Waals surface area contributed by atoms with E-state index in [1.54, 1.807) is 74.1 Å². The third-order valence-electron chi connectivity index (χ3n) is 6.43. The van der Waals surface area contributed by atoms with Gasteiger partial charge < -0.3 is 9.80 Å². The molecule has 0 fully saturated rings. The van der Waals surface area contributed by atoms with Crippen molar-refractivity contribution in [3.8, 4) is 0 Å². The highest BCUT2D eigenvalue weighted by Crippen LogP contribution is 2.41. The summed E-state index contributed by atoms with van der Waals surface area (Å²) >= 11 is 0. The summed E-state index contributed by atoms with van der Waals surface area (Å²) in [4.78, 5) is 28.6. The summed E-state index contributed by atoms with van der Waals surface area (Å²) in [7, 11) is -0.353. The summed E-state index contributed by atoms with van der Waals surface area (Å²) in [5.41, 5.74) is 2.93. The Labute approximate surface area is 206 Å². The quantitative estimate of drug-likeness (QED) is 0.546. The molecule has 1 aliphatic heterocycles. The van der Waals surface area contributed by atoms with E-state index in [1.165, 1.54) is 6.07 Å². The number of hydrogen-bond acceptors (Lipinski definition) is 4. The monoisotopic (exact) mass is 491 g/mol. The van der Waals surface area contributed by atoms with Gasteiger partial charge in [0.05, 0.1) is 10.3 Å². The number of benzene rings is 3. The van der Waals surface area contributed by atoms with Crippen molar-refractivity contribution >= 4 is 27.5 Å². The summed E-state index contributed by atoms with van der Waals surface area (Å²) in [5.74, 6) is -0.180. The standard InChI is InChI=1S/C27H29N3O4S/c1-27(2)23-16-22(14-15-24(23)30(4)26(27)32)35(33,34)28-17-19-10-12-21(13-11-19)25(31)29(3)18-20-8-6-5-7-9-20/h5-16,28H,17-18H2,1-4H3. The third-order valence-corrected chi connectivity index (χ3v) is 7.83. The predicted molar refractivity (Wildman–Crippen MR) is 136 cm³/mol. The van der Waals surface area contributed by atoms with Crippen molar-refractivity contribution in [2.75, 3.05) is 19.0 Å². The van der Waals surface area contributed by atoms with Gasteiger partial charge in [0.2, 0.25) is 15.9 Å². The number of nitrogens with one attached hydrogen (secondary N) is 1. The predicted octanol–water partition coefficient (Wildman–Crippen LogP) is 3.69. The molecule has 0 saturated heterocycles. The molecule has 0 unspecified atom stereocenters. The Kier molecular flexibility index (Phi) is 6.53. The molecule has 0 bridgehead atoms. The molecule has 3 aromatic carbocycles. The lowest BCUT2D eigenvalue weighted by atomic mass is 9.86. The molecule has 4 rings (SSSR count). The Morgan fingerprint density at radius 3 is 2.29 bits per heavy atom.